The fraction of sp³-hybridized carbons (Fsp3) is 0.316. The Morgan fingerprint density at radius 1 is 1.10 bits per heavy atom. The first-order valence-electron chi connectivity index (χ1n) is 17.1. The molecule has 2 aliphatic rings. The predicted molar refractivity (Wildman–Crippen MR) is 193 cm³/mol. The number of nitrogens with zero attached hydrogens (tertiary/aromatic N) is 5. The number of ether oxygens (including phenoxy) is 2. The SMILES string of the molecule is Cc1c(C(=O)NCC#Cc2cc(OC3CCNC3)c3nc(Nc4ccc(N5CCOCC5)cc4)ncc3c2)c(=O)n(Cc2ccc(F)c(F)c2)n1C. The minimum absolute atomic E-state index is 0.0231. The molecule has 5 aromatic rings. The maximum absolute atomic E-state index is 13.8. The van der Waals surface area contributed by atoms with E-state index in [2.05, 4.69) is 49.8 Å². The van der Waals surface area contributed by atoms with E-state index in [0.717, 1.165) is 74.7 Å². The van der Waals surface area contributed by atoms with Gasteiger partial charge < -0.3 is 30.3 Å². The van der Waals surface area contributed by atoms with Crippen molar-refractivity contribution in [3.05, 3.63) is 105 Å². The summed E-state index contributed by atoms with van der Waals surface area (Å²) in [6, 6.07) is 15.3. The summed E-state index contributed by atoms with van der Waals surface area (Å²) in [7, 11) is 1.63. The van der Waals surface area contributed by atoms with E-state index in [1.165, 1.54) is 15.4 Å². The smallest absolute Gasteiger partial charge is 0.280 e. The zero-order chi connectivity index (χ0) is 36.2. The normalized spacial score (nSPS) is 15.7. The monoisotopic (exact) mass is 708 g/mol. The Morgan fingerprint density at radius 3 is 2.65 bits per heavy atom. The molecule has 2 saturated heterocycles. The molecule has 52 heavy (non-hydrogen) atoms. The van der Waals surface area contributed by atoms with Gasteiger partial charge in [-0.3, -0.25) is 14.3 Å². The number of carbonyl (C=O) groups is 1. The molecule has 4 heterocycles. The Labute approximate surface area is 298 Å². The maximum atomic E-state index is 13.8. The Morgan fingerprint density at radius 2 is 1.90 bits per heavy atom. The van der Waals surface area contributed by atoms with Crippen LogP contribution in [0.5, 0.6) is 5.75 Å². The third kappa shape index (κ3) is 7.60. The van der Waals surface area contributed by atoms with E-state index in [1.807, 2.05) is 24.3 Å². The first-order valence-corrected chi connectivity index (χ1v) is 17.1. The van der Waals surface area contributed by atoms with Crippen LogP contribution in [0.4, 0.5) is 26.1 Å². The molecule has 2 fully saturated rings. The summed E-state index contributed by atoms with van der Waals surface area (Å²) < 4.78 is 41.8. The number of fused-ring (bicyclic) bond motifs is 1. The molecule has 0 radical (unpaired) electrons. The summed E-state index contributed by atoms with van der Waals surface area (Å²) in [5.41, 5.74) is 3.50. The molecule has 7 rings (SSSR count). The van der Waals surface area contributed by atoms with Gasteiger partial charge in [-0.05, 0) is 74.0 Å². The number of hydrogen-bond donors (Lipinski definition) is 3. The molecule has 0 spiro atoms. The lowest BCUT2D eigenvalue weighted by Crippen LogP contribution is -2.36. The van der Waals surface area contributed by atoms with E-state index in [-0.39, 0.29) is 24.8 Å². The highest BCUT2D eigenvalue weighted by Crippen LogP contribution is 2.29. The molecule has 2 aromatic heterocycles. The van der Waals surface area contributed by atoms with Crippen molar-refractivity contribution < 1.29 is 23.0 Å². The Bertz CT molecular complexity index is 2230. The van der Waals surface area contributed by atoms with Crippen LogP contribution in [0.15, 0.2) is 65.6 Å². The van der Waals surface area contributed by atoms with Gasteiger partial charge >= 0.3 is 0 Å². The van der Waals surface area contributed by atoms with E-state index >= 15 is 0 Å². The van der Waals surface area contributed by atoms with Crippen molar-refractivity contribution in [1.29, 1.82) is 0 Å². The molecule has 2 aliphatic heterocycles. The molecule has 3 aromatic carbocycles. The van der Waals surface area contributed by atoms with Gasteiger partial charge in [0.15, 0.2) is 11.6 Å². The molecule has 0 saturated carbocycles. The molecule has 0 aliphatic carbocycles. The Hall–Kier alpha value is -5.78. The number of aromatic nitrogens is 4. The third-order valence-electron chi connectivity index (χ3n) is 9.23. The van der Waals surface area contributed by atoms with Crippen molar-refractivity contribution in [1.82, 2.24) is 30.0 Å². The fourth-order valence-electron chi connectivity index (χ4n) is 6.32. The molecule has 268 valence electrons. The summed E-state index contributed by atoms with van der Waals surface area (Å²) in [5, 5.41) is 10.1. The van der Waals surface area contributed by atoms with Gasteiger partial charge in [0.05, 0.1) is 26.3 Å². The molecular weight excluding hydrogens is 670 g/mol. The summed E-state index contributed by atoms with van der Waals surface area (Å²) in [4.78, 5) is 38.0. The van der Waals surface area contributed by atoms with Gasteiger partial charge in [-0.2, -0.15) is 0 Å². The van der Waals surface area contributed by atoms with Crippen LogP contribution in [0.1, 0.15) is 33.6 Å². The van der Waals surface area contributed by atoms with E-state index < -0.39 is 23.1 Å². The maximum Gasteiger partial charge on any atom is 0.280 e. The van der Waals surface area contributed by atoms with E-state index in [1.54, 1.807) is 20.2 Å². The molecule has 1 unspecified atom stereocenters. The van der Waals surface area contributed by atoms with Crippen molar-refractivity contribution in [2.45, 2.75) is 26.0 Å². The highest BCUT2D eigenvalue weighted by molar-refractivity contribution is 5.95. The highest BCUT2D eigenvalue weighted by Gasteiger charge is 2.22. The van der Waals surface area contributed by atoms with Crippen molar-refractivity contribution >= 4 is 34.1 Å². The highest BCUT2D eigenvalue weighted by atomic mass is 19.2. The van der Waals surface area contributed by atoms with Crippen LogP contribution in [0, 0.1) is 30.4 Å². The lowest BCUT2D eigenvalue weighted by atomic mass is 10.1. The van der Waals surface area contributed by atoms with Crippen molar-refractivity contribution in [2.24, 2.45) is 7.05 Å². The van der Waals surface area contributed by atoms with E-state index in [0.29, 0.717) is 34.0 Å². The second-order valence-corrected chi connectivity index (χ2v) is 12.7. The summed E-state index contributed by atoms with van der Waals surface area (Å²) in [6.45, 7) is 6.34. The van der Waals surface area contributed by atoms with Gasteiger partial charge in [-0.15, -0.1) is 0 Å². The largest absolute Gasteiger partial charge is 0.487 e. The summed E-state index contributed by atoms with van der Waals surface area (Å²) in [6.07, 6.45) is 2.56. The number of anilines is 3. The third-order valence-corrected chi connectivity index (χ3v) is 9.23. The van der Waals surface area contributed by atoms with Gasteiger partial charge in [0.1, 0.15) is 22.9 Å². The van der Waals surface area contributed by atoms with E-state index in [4.69, 9.17) is 14.5 Å². The minimum Gasteiger partial charge on any atom is -0.487 e. The van der Waals surface area contributed by atoms with Crippen molar-refractivity contribution in [3.63, 3.8) is 0 Å². The Kier molecular flexibility index (Phi) is 10.1. The van der Waals surface area contributed by atoms with Crippen LogP contribution in [0.3, 0.4) is 0 Å². The second-order valence-electron chi connectivity index (χ2n) is 12.7. The number of carbonyl (C=O) groups excluding carboxylic acids is 1. The van der Waals surface area contributed by atoms with Crippen LogP contribution in [0.2, 0.25) is 0 Å². The molecule has 3 N–H and O–H groups in total. The zero-order valence-electron chi connectivity index (χ0n) is 28.8. The lowest BCUT2D eigenvalue weighted by molar-refractivity contribution is 0.0956. The molecular formula is C38H38F2N8O4. The van der Waals surface area contributed by atoms with Crippen LogP contribution < -0.4 is 31.1 Å². The van der Waals surface area contributed by atoms with Crippen LogP contribution >= 0.6 is 0 Å². The number of morpholine rings is 1. The molecule has 1 amide bonds. The number of halogens is 2. The molecule has 1 atom stereocenters. The average Bonchev–Trinajstić information content (AvgIpc) is 3.74. The molecule has 0 bridgehead atoms. The standard InChI is InChI=1S/C38H38F2N8O4/c1-24-34(37(50)48(46(24)2)23-26-5-10-31(39)32(40)19-26)36(49)42-12-3-4-25-18-27-21-43-38(45-35(27)33(20-25)52-30-11-13-41-22-30)44-28-6-8-29(9-7-28)47-14-16-51-17-15-47/h5-10,18-21,30,41H,11-17,22-23H2,1-2H3,(H,42,49)(H,43,44,45). The molecule has 14 heteroatoms. The lowest BCUT2D eigenvalue weighted by Gasteiger charge is -2.28. The quantitative estimate of drug-likeness (QED) is 0.196. The van der Waals surface area contributed by atoms with Crippen molar-refractivity contribution in [2.75, 3.05) is 56.2 Å². The van der Waals surface area contributed by atoms with Crippen molar-refractivity contribution in [3.8, 4) is 17.6 Å². The first-order chi connectivity index (χ1) is 25.2. The van der Waals surface area contributed by atoms with Crippen LogP contribution in [-0.2, 0) is 18.3 Å². The number of nitrogens with one attached hydrogen (secondary N) is 3. The van der Waals surface area contributed by atoms with Gasteiger partial charge in [0.2, 0.25) is 5.95 Å². The van der Waals surface area contributed by atoms with Crippen LogP contribution in [0.25, 0.3) is 10.9 Å². The van der Waals surface area contributed by atoms with Gasteiger partial charge in [-0.25, -0.2) is 23.4 Å². The van der Waals surface area contributed by atoms with Gasteiger partial charge in [0.25, 0.3) is 11.5 Å². The predicted octanol–water partition coefficient (Wildman–Crippen LogP) is 3.87. The molecule has 12 nitrogen and oxygen atoms in total. The van der Waals surface area contributed by atoms with Crippen LogP contribution in [-0.4, -0.2) is 77.3 Å². The number of amides is 1. The van der Waals surface area contributed by atoms with E-state index in [9.17, 15) is 18.4 Å². The second kappa shape index (κ2) is 15.2. The number of hydrogen-bond acceptors (Lipinski definition) is 9. The number of benzene rings is 3. The average molecular weight is 709 g/mol. The number of rotatable bonds is 9. The topological polar surface area (TPSA) is 128 Å². The Balaban J connectivity index is 1.06. The minimum atomic E-state index is -1.01. The first kappa shape index (κ1) is 34.7. The summed E-state index contributed by atoms with van der Waals surface area (Å²) in [5.74, 6) is 4.49. The summed E-state index contributed by atoms with van der Waals surface area (Å²) >= 11 is 0. The van der Waals surface area contributed by atoms with Gasteiger partial charge in [0, 0.05) is 60.9 Å². The zero-order valence-corrected chi connectivity index (χ0v) is 28.8. The van der Waals surface area contributed by atoms with Gasteiger partial charge in [-0.1, -0.05) is 17.9 Å². The fourth-order valence-corrected chi connectivity index (χ4v) is 6.32.